The number of nitrogens with one attached hydrogen (secondary N) is 1. The number of nitrogens with zero attached hydrogens (tertiary/aromatic N) is 1. The van der Waals surface area contributed by atoms with Crippen molar-refractivity contribution in [2.75, 3.05) is 30.7 Å². The second-order valence-electron chi connectivity index (χ2n) is 5.29. The number of likely N-dealkylation sites (tertiary alicyclic amines) is 1. The predicted molar refractivity (Wildman–Crippen MR) is 77.1 cm³/mol. The number of hydrogen-bond donors (Lipinski definition) is 4. The second kappa shape index (κ2) is 6.84. The molecule has 1 aliphatic rings. The van der Waals surface area contributed by atoms with Crippen molar-refractivity contribution in [3.63, 3.8) is 0 Å². The van der Waals surface area contributed by atoms with Crippen molar-refractivity contribution in [1.82, 2.24) is 4.90 Å². The molecule has 6 nitrogen and oxygen atoms in total. The van der Waals surface area contributed by atoms with Gasteiger partial charge in [-0.15, -0.1) is 0 Å². The number of amides is 1. The molecule has 0 aromatic heterocycles. The van der Waals surface area contributed by atoms with E-state index in [2.05, 4.69) is 5.32 Å². The van der Waals surface area contributed by atoms with Crippen LogP contribution in [0.2, 0.25) is 0 Å². The van der Waals surface area contributed by atoms with Gasteiger partial charge in [-0.05, 0) is 31.2 Å². The van der Waals surface area contributed by atoms with Gasteiger partial charge in [-0.1, -0.05) is 0 Å². The molecule has 1 amide bonds. The van der Waals surface area contributed by atoms with E-state index >= 15 is 0 Å². The molecule has 116 valence electrons. The van der Waals surface area contributed by atoms with Crippen molar-refractivity contribution in [3.8, 4) is 0 Å². The lowest BCUT2D eigenvalue weighted by atomic mass is 10.2. The van der Waals surface area contributed by atoms with E-state index < -0.39 is 18.0 Å². The van der Waals surface area contributed by atoms with Crippen LogP contribution in [0.5, 0.6) is 0 Å². The molecular formula is C14H20FN3O3. The van der Waals surface area contributed by atoms with Crippen LogP contribution in [0.25, 0.3) is 0 Å². The number of rotatable bonds is 5. The Morgan fingerprint density at radius 2 is 2.05 bits per heavy atom. The van der Waals surface area contributed by atoms with Gasteiger partial charge < -0.3 is 21.3 Å². The number of nitrogen functional groups attached to an aromatic ring is 1. The van der Waals surface area contributed by atoms with Crippen LogP contribution in [-0.2, 0) is 4.79 Å². The largest absolute Gasteiger partial charge is 0.399 e. The van der Waals surface area contributed by atoms with Gasteiger partial charge in [-0.3, -0.25) is 9.69 Å². The average molecular weight is 297 g/mol. The van der Waals surface area contributed by atoms with Crippen molar-refractivity contribution in [2.45, 2.75) is 25.0 Å². The summed E-state index contributed by atoms with van der Waals surface area (Å²) in [5.41, 5.74) is 6.00. The van der Waals surface area contributed by atoms with E-state index in [9.17, 15) is 19.4 Å². The van der Waals surface area contributed by atoms with Gasteiger partial charge in [0.25, 0.3) is 0 Å². The molecule has 1 aromatic rings. The Kier molecular flexibility index (Phi) is 5.11. The van der Waals surface area contributed by atoms with Crippen molar-refractivity contribution < 1.29 is 19.4 Å². The van der Waals surface area contributed by atoms with Gasteiger partial charge in [0.05, 0.1) is 17.9 Å². The maximum absolute atomic E-state index is 13.4. The van der Waals surface area contributed by atoms with Crippen LogP contribution in [0.4, 0.5) is 15.8 Å². The fourth-order valence-electron chi connectivity index (χ4n) is 2.34. The lowest BCUT2D eigenvalue weighted by Gasteiger charge is -2.14. The molecule has 1 fully saturated rings. The number of β-amino-alcohol motifs (C(OH)–C–C–N with tert-alkyl or cyclic N) is 2. The first-order valence-electron chi connectivity index (χ1n) is 6.89. The smallest absolute Gasteiger partial charge is 0.224 e. The molecule has 1 saturated heterocycles. The number of aliphatic hydroxyl groups is 2. The Balaban J connectivity index is 1.74. The summed E-state index contributed by atoms with van der Waals surface area (Å²) in [5, 5.41) is 21.3. The fraction of sp³-hybridized carbons (Fsp3) is 0.500. The molecule has 0 aliphatic carbocycles. The SMILES string of the molecule is Nc1ccc(F)c(NC(=O)CCCN2CC(O)C(O)C2)c1. The van der Waals surface area contributed by atoms with E-state index in [-0.39, 0.29) is 18.0 Å². The Morgan fingerprint density at radius 3 is 2.71 bits per heavy atom. The van der Waals surface area contributed by atoms with E-state index in [0.717, 1.165) is 0 Å². The highest BCUT2D eigenvalue weighted by atomic mass is 19.1. The summed E-state index contributed by atoms with van der Waals surface area (Å²) in [4.78, 5) is 13.6. The highest BCUT2D eigenvalue weighted by Crippen LogP contribution is 2.18. The number of halogens is 1. The third-order valence-corrected chi connectivity index (χ3v) is 3.48. The molecule has 1 heterocycles. The van der Waals surface area contributed by atoms with Crippen molar-refractivity contribution >= 4 is 17.3 Å². The molecule has 1 aromatic carbocycles. The molecule has 0 bridgehead atoms. The summed E-state index contributed by atoms with van der Waals surface area (Å²) in [6.07, 6.45) is -0.646. The van der Waals surface area contributed by atoms with Gasteiger partial charge in [0, 0.05) is 25.2 Å². The van der Waals surface area contributed by atoms with Crippen molar-refractivity contribution in [3.05, 3.63) is 24.0 Å². The Morgan fingerprint density at radius 1 is 1.38 bits per heavy atom. The summed E-state index contributed by atoms with van der Waals surface area (Å²) in [7, 11) is 0. The summed E-state index contributed by atoms with van der Waals surface area (Å²) < 4.78 is 13.4. The van der Waals surface area contributed by atoms with Gasteiger partial charge in [0.15, 0.2) is 0 Å². The van der Waals surface area contributed by atoms with Crippen LogP contribution in [0, 0.1) is 5.82 Å². The molecular weight excluding hydrogens is 277 g/mol. The number of anilines is 2. The van der Waals surface area contributed by atoms with E-state index in [4.69, 9.17) is 5.73 Å². The fourth-order valence-corrected chi connectivity index (χ4v) is 2.34. The average Bonchev–Trinajstić information content (AvgIpc) is 2.73. The quantitative estimate of drug-likeness (QED) is 0.581. The zero-order chi connectivity index (χ0) is 15.4. The monoisotopic (exact) mass is 297 g/mol. The molecule has 21 heavy (non-hydrogen) atoms. The number of aliphatic hydroxyl groups excluding tert-OH is 2. The number of hydrogen-bond acceptors (Lipinski definition) is 5. The lowest BCUT2D eigenvalue weighted by Crippen LogP contribution is -2.24. The summed E-state index contributed by atoms with van der Waals surface area (Å²) in [6.45, 7) is 1.42. The Hall–Kier alpha value is -1.70. The van der Waals surface area contributed by atoms with Crippen LogP contribution < -0.4 is 11.1 Å². The molecule has 2 atom stereocenters. The first-order valence-corrected chi connectivity index (χ1v) is 6.89. The Bertz CT molecular complexity index is 502. The number of benzene rings is 1. The molecule has 7 heteroatoms. The van der Waals surface area contributed by atoms with E-state index in [1.165, 1.54) is 18.2 Å². The minimum atomic E-state index is -0.722. The summed E-state index contributed by atoms with van der Waals surface area (Å²) in [5.74, 6) is -0.817. The zero-order valence-corrected chi connectivity index (χ0v) is 11.6. The number of carbonyl (C=O) groups is 1. The summed E-state index contributed by atoms with van der Waals surface area (Å²) in [6, 6.07) is 4.01. The predicted octanol–water partition coefficient (Wildman–Crippen LogP) is 0.164. The molecule has 2 unspecified atom stereocenters. The van der Waals surface area contributed by atoms with Crippen LogP contribution in [-0.4, -0.2) is 52.9 Å². The number of carbonyl (C=O) groups excluding carboxylic acids is 1. The van der Waals surface area contributed by atoms with Crippen LogP contribution >= 0.6 is 0 Å². The van der Waals surface area contributed by atoms with Crippen molar-refractivity contribution in [2.24, 2.45) is 0 Å². The molecule has 1 aliphatic heterocycles. The first kappa shape index (κ1) is 15.7. The molecule has 0 radical (unpaired) electrons. The van der Waals surface area contributed by atoms with Crippen molar-refractivity contribution in [1.29, 1.82) is 0 Å². The van der Waals surface area contributed by atoms with Crippen LogP contribution in [0.1, 0.15) is 12.8 Å². The van der Waals surface area contributed by atoms with E-state index in [0.29, 0.717) is 31.7 Å². The zero-order valence-electron chi connectivity index (χ0n) is 11.6. The highest BCUT2D eigenvalue weighted by Gasteiger charge is 2.28. The molecule has 0 saturated carbocycles. The third kappa shape index (κ3) is 4.38. The van der Waals surface area contributed by atoms with Gasteiger partial charge in [0.1, 0.15) is 5.82 Å². The third-order valence-electron chi connectivity index (χ3n) is 3.48. The van der Waals surface area contributed by atoms with E-state index in [1.54, 1.807) is 0 Å². The normalized spacial score (nSPS) is 22.4. The maximum Gasteiger partial charge on any atom is 0.224 e. The van der Waals surface area contributed by atoms with Crippen LogP contribution in [0.15, 0.2) is 18.2 Å². The minimum absolute atomic E-state index is 0.0759. The molecule has 5 N–H and O–H groups in total. The Labute approximate surface area is 122 Å². The number of nitrogens with two attached hydrogens (primary N) is 1. The van der Waals surface area contributed by atoms with E-state index in [1.807, 2.05) is 4.90 Å². The molecule has 0 spiro atoms. The first-order chi connectivity index (χ1) is 9.95. The topological polar surface area (TPSA) is 98.8 Å². The standard InChI is InChI=1S/C14H20FN3O3/c15-10-4-3-9(16)6-11(10)17-14(21)2-1-5-18-7-12(19)13(20)8-18/h3-4,6,12-13,19-20H,1-2,5,7-8,16H2,(H,17,21). The minimum Gasteiger partial charge on any atom is -0.399 e. The summed E-state index contributed by atoms with van der Waals surface area (Å²) >= 11 is 0. The van der Waals surface area contributed by atoms with Crippen LogP contribution in [0.3, 0.4) is 0 Å². The van der Waals surface area contributed by atoms with Gasteiger partial charge in [0.2, 0.25) is 5.91 Å². The van der Waals surface area contributed by atoms with Gasteiger partial charge in [-0.2, -0.15) is 0 Å². The maximum atomic E-state index is 13.4. The highest BCUT2D eigenvalue weighted by molar-refractivity contribution is 5.91. The molecule has 2 rings (SSSR count). The lowest BCUT2D eigenvalue weighted by molar-refractivity contribution is -0.116. The van der Waals surface area contributed by atoms with Gasteiger partial charge in [-0.25, -0.2) is 4.39 Å². The second-order valence-corrected chi connectivity index (χ2v) is 5.29. The van der Waals surface area contributed by atoms with Gasteiger partial charge >= 0.3 is 0 Å².